The van der Waals surface area contributed by atoms with Gasteiger partial charge in [0, 0.05) is 11.1 Å². The van der Waals surface area contributed by atoms with Crippen molar-refractivity contribution in [2.75, 3.05) is 0 Å². The Hall–Kier alpha value is -3.58. The summed E-state index contributed by atoms with van der Waals surface area (Å²) in [5.74, 6) is 3.08. The Morgan fingerprint density at radius 3 is 1.50 bits per heavy atom. The maximum atomic E-state index is 6.42. The van der Waals surface area contributed by atoms with Crippen LogP contribution in [0.15, 0.2) is 103 Å². The topological polar surface area (TPSA) is 9.23 Å². The van der Waals surface area contributed by atoms with E-state index in [9.17, 15) is 0 Å². The molecule has 131 valence electrons. The van der Waals surface area contributed by atoms with Crippen LogP contribution in [0, 0.1) is 5.92 Å². The van der Waals surface area contributed by atoms with Crippen molar-refractivity contribution < 1.29 is 4.74 Å². The minimum absolute atomic E-state index is 0.917. The van der Waals surface area contributed by atoms with Crippen LogP contribution in [0.3, 0.4) is 0 Å². The van der Waals surface area contributed by atoms with E-state index in [1.807, 2.05) is 0 Å². The number of hydrogen-bond acceptors (Lipinski definition) is 1. The summed E-state index contributed by atoms with van der Waals surface area (Å²) in [4.78, 5) is 0. The molecule has 0 saturated heterocycles. The number of ether oxygens (including phenoxy) is 1. The molecule has 0 spiro atoms. The Labute approximate surface area is 163 Å². The molecule has 0 saturated carbocycles. The minimum atomic E-state index is 0.917. The molecule has 0 unspecified atom stereocenters. The third-order valence-electron chi connectivity index (χ3n) is 5.56. The zero-order chi connectivity index (χ0) is 18.5. The highest BCUT2D eigenvalue weighted by Gasteiger charge is 2.32. The molecule has 1 aliphatic heterocycles. The van der Waals surface area contributed by atoms with Crippen LogP contribution in [0.5, 0.6) is 11.5 Å². The van der Waals surface area contributed by atoms with Gasteiger partial charge >= 0.3 is 0 Å². The molecule has 0 N–H and O–H groups in total. The molecule has 1 radical (unpaired) electrons. The lowest BCUT2D eigenvalue weighted by atomic mass is 9.78. The Morgan fingerprint density at radius 1 is 0.429 bits per heavy atom. The molecule has 0 atom stereocenters. The molecule has 0 aliphatic carbocycles. The quantitative estimate of drug-likeness (QED) is 0.304. The second kappa shape index (κ2) is 5.97. The monoisotopic (exact) mass is 357 g/mol. The molecular weight excluding hydrogens is 340 g/mol. The maximum absolute atomic E-state index is 6.42. The molecule has 0 bridgehead atoms. The summed E-state index contributed by atoms with van der Waals surface area (Å²) >= 11 is 0. The Kier molecular flexibility index (Phi) is 3.30. The average Bonchev–Trinajstić information content (AvgIpc) is 2.78. The normalized spacial score (nSPS) is 13.1. The van der Waals surface area contributed by atoms with Crippen molar-refractivity contribution in [3.63, 3.8) is 0 Å². The first kappa shape index (κ1) is 15.5. The van der Waals surface area contributed by atoms with Gasteiger partial charge in [-0.15, -0.1) is 0 Å². The first-order valence-electron chi connectivity index (χ1n) is 9.54. The molecule has 5 aromatic rings. The van der Waals surface area contributed by atoms with E-state index in [2.05, 4.69) is 103 Å². The minimum Gasteiger partial charge on any atom is -0.457 e. The van der Waals surface area contributed by atoms with Crippen molar-refractivity contribution in [3.8, 4) is 11.5 Å². The van der Waals surface area contributed by atoms with Gasteiger partial charge in [0.2, 0.25) is 0 Å². The van der Waals surface area contributed by atoms with Gasteiger partial charge in [-0.05, 0) is 39.2 Å². The van der Waals surface area contributed by atoms with E-state index in [0.717, 1.165) is 11.5 Å². The van der Waals surface area contributed by atoms with Crippen molar-refractivity contribution in [1.82, 2.24) is 0 Å². The van der Waals surface area contributed by atoms with Crippen LogP contribution in [0.4, 0.5) is 0 Å². The van der Waals surface area contributed by atoms with Crippen LogP contribution >= 0.6 is 0 Å². The molecule has 0 amide bonds. The summed E-state index contributed by atoms with van der Waals surface area (Å²) in [5, 5.41) is 4.89. The van der Waals surface area contributed by atoms with Crippen LogP contribution in [0.2, 0.25) is 0 Å². The van der Waals surface area contributed by atoms with Crippen molar-refractivity contribution in [1.29, 1.82) is 0 Å². The van der Waals surface area contributed by atoms with E-state index in [1.165, 1.54) is 44.2 Å². The van der Waals surface area contributed by atoms with E-state index in [-0.39, 0.29) is 0 Å². The van der Waals surface area contributed by atoms with Gasteiger partial charge in [0.05, 0.1) is 5.92 Å². The van der Waals surface area contributed by atoms with Crippen molar-refractivity contribution >= 4 is 21.5 Å². The molecule has 28 heavy (non-hydrogen) atoms. The molecule has 1 heterocycles. The molecule has 1 aliphatic rings. The molecule has 1 heteroatoms. The SMILES string of the molecule is c1ccc([C]2c3c(ccc4ccccc34)Oc3ccc4ccccc4c32)cc1. The summed E-state index contributed by atoms with van der Waals surface area (Å²) in [6.45, 7) is 0. The van der Waals surface area contributed by atoms with Crippen LogP contribution in [-0.2, 0) is 0 Å². The lowest BCUT2D eigenvalue weighted by Gasteiger charge is -2.30. The van der Waals surface area contributed by atoms with Gasteiger partial charge in [-0.1, -0.05) is 91.0 Å². The predicted molar refractivity (Wildman–Crippen MR) is 115 cm³/mol. The number of hydrogen-bond donors (Lipinski definition) is 0. The Balaban J connectivity index is 1.77. The zero-order valence-electron chi connectivity index (χ0n) is 15.2. The van der Waals surface area contributed by atoms with Crippen LogP contribution in [-0.4, -0.2) is 0 Å². The lowest BCUT2D eigenvalue weighted by Crippen LogP contribution is -2.13. The molecule has 0 fully saturated rings. The number of fused-ring (bicyclic) bond motifs is 6. The summed E-state index contributed by atoms with van der Waals surface area (Å²) in [7, 11) is 0. The Morgan fingerprint density at radius 2 is 0.929 bits per heavy atom. The first-order chi connectivity index (χ1) is 13.9. The summed E-state index contributed by atoms with van der Waals surface area (Å²) in [6, 6.07) is 36.2. The predicted octanol–water partition coefficient (Wildman–Crippen LogP) is 7.12. The largest absolute Gasteiger partial charge is 0.457 e. The van der Waals surface area contributed by atoms with Gasteiger partial charge < -0.3 is 4.74 Å². The second-order valence-electron chi connectivity index (χ2n) is 7.16. The van der Waals surface area contributed by atoms with Crippen molar-refractivity contribution in [2.24, 2.45) is 0 Å². The summed E-state index contributed by atoms with van der Waals surface area (Å²) in [6.07, 6.45) is 0. The van der Waals surface area contributed by atoms with E-state index in [4.69, 9.17) is 4.74 Å². The zero-order valence-corrected chi connectivity index (χ0v) is 15.2. The van der Waals surface area contributed by atoms with E-state index >= 15 is 0 Å². The van der Waals surface area contributed by atoms with Gasteiger partial charge in [0.1, 0.15) is 11.5 Å². The standard InChI is InChI=1S/C27H17O/c1-2-10-20(11-3-1)25-26-21-12-6-4-8-18(21)14-16-23(26)28-24-17-15-19-9-5-7-13-22(19)27(24)25/h1-17H. The third kappa shape index (κ3) is 2.20. The fraction of sp³-hybridized carbons (Fsp3) is 0. The molecule has 5 aromatic carbocycles. The van der Waals surface area contributed by atoms with Crippen LogP contribution in [0.25, 0.3) is 21.5 Å². The van der Waals surface area contributed by atoms with Gasteiger partial charge in [-0.3, -0.25) is 0 Å². The van der Waals surface area contributed by atoms with Gasteiger partial charge in [0.15, 0.2) is 0 Å². The van der Waals surface area contributed by atoms with E-state index < -0.39 is 0 Å². The van der Waals surface area contributed by atoms with Gasteiger partial charge in [-0.2, -0.15) is 0 Å². The van der Waals surface area contributed by atoms with Crippen LogP contribution < -0.4 is 4.74 Å². The smallest absolute Gasteiger partial charge is 0.132 e. The summed E-state index contributed by atoms with van der Waals surface area (Å²) in [5.41, 5.74) is 3.56. The second-order valence-corrected chi connectivity index (χ2v) is 7.16. The van der Waals surface area contributed by atoms with Crippen molar-refractivity contribution in [3.05, 3.63) is 126 Å². The highest BCUT2D eigenvalue weighted by molar-refractivity contribution is 5.98. The summed E-state index contributed by atoms with van der Waals surface area (Å²) < 4.78 is 6.42. The molecular formula is C27H17O. The first-order valence-corrected chi connectivity index (χ1v) is 9.54. The van der Waals surface area contributed by atoms with Gasteiger partial charge in [0.25, 0.3) is 0 Å². The number of benzene rings is 5. The molecule has 0 aromatic heterocycles. The third-order valence-corrected chi connectivity index (χ3v) is 5.56. The van der Waals surface area contributed by atoms with Crippen molar-refractivity contribution in [2.45, 2.75) is 0 Å². The number of rotatable bonds is 1. The highest BCUT2D eigenvalue weighted by atomic mass is 16.5. The Bertz CT molecular complexity index is 1250. The maximum Gasteiger partial charge on any atom is 0.132 e. The average molecular weight is 357 g/mol. The van der Waals surface area contributed by atoms with E-state index in [1.54, 1.807) is 0 Å². The lowest BCUT2D eigenvalue weighted by molar-refractivity contribution is 0.468. The van der Waals surface area contributed by atoms with E-state index in [0.29, 0.717) is 0 Å². The molecule has 1 nitrogen and oxygen atoms in total. The fourth-order valence-electron chi connectivity index (χ4n) is 4.33. The fourth-order valence-corrected chi connectivity index (χ4v) is 4.33. The molecule has 6 rings (SSSR count). The van der Waals surface area contributed by atoms with Gasteiger partial charge in [-0.25, -0.2) is 0 Å². The highest BCUT2D eigenvalue weighted by Crippen LogP contribution is 2.51. The van der Waals surface area contributed by atoms with Crippen LogP contribution in [0.1, 0.15) is 16.7 Å².